The molecule has 0 unspecified atom stereocenters. The second-order valence-electron chi connectivity index (χ2n) is 13.7. The molecule has 0 aromatic heterocycles. The van der Waals surface area contributed by atoms with E-state index in [-0.39, 0.29) is 64.0 Å². The molecular formula is C34H36Cl4O7. The van der Waals surface area contributed by atoms with Crippen LogP contribution in [0, 0.1) is 22.7 Å². The van der Waals surface area contributed by atoms with Gasteiger partial charge in [-0.05, 0) is 86.8 Å². The fraction of sp³-hybridized carbons (Fsp3) is 0.559. The van der Waals surface area contributed by atoms with Gasteiger partial charge in [0.1, 0.15) is 24.9 Å². The zero-order valence-corrected chi connectivity index (χ0v) is 28.5. The molecule has 4 fully saturated rings. The van der Waals surface area contributed by atoms with Crippen LogP contribution in [0.25, 0.3) is 0 Å². The lowest BCUT2D eigenvalue weighted by Crippen LogP contribution is -2.67. The number of ether oxygens (including phenoxy) is 4. The average molecular weight is 698 g/mol. The van der Waals surface area contributed by atoms with Gasteiger partial charge in [-0.25, -0.2) is 9.59 Å². The van der Waals surface area contributed by atoms with E-state index in [1.165, 1.54) is 18.2 Å². The van der Waals surface area contributed by atoms with E-state index in [1.807, 2.05) is 6.92 Å². The Morgan fingerprint density at radius 1 is 0.889 bits per heavy atom. The molecule has 2 aromatic carbocycles. The van der Waals surface area contributed by atoms with Crippen molar-refractivity contribution in [1.29, 1.82) is 0 Å². The van der Waals surface area contributed by atoms with Gasteiger partial charge in [0.05, 0.1) is 33.2 Å². The highest BCUT2D eigenvalue weighted by molar-refractivity contribution is 6.37. The minimum Gasteiger partial charge on any atom is -0.463 e. The molecule has 6 rings (SSSR count). The largest absolute Gasteiger partial charge is 0.463 e. The van der Waals surface area contributed by atoms with Crippen LogP contribution in [0.15, 0.2) is 36.4 Å². The lowest BCUT2D eigenvalue weighted by molar-refractivity contribution is -0.265. The van der Waals surface area contributed by atoms with Crippen molar-refractivity contribution >= 4 is 64.3 Å². The van der Waals surface area contributed by atoms with Crippen molar-refractivity contribution in [2.75, 3.05) is 13.2 Å². The molecule has 2 aliphatic carbocycles. The van der Waals surface area contributed by atoms with Crippen molar-refractivity contribution in [3.05, 3.63) is 67.6 Å². The number of esters is 3. The number of carbonyl (C=O) groups excluding carboxylic acids is 3. The molecule has 2 aliphatic heterocycles. The summed E-state index contributed by atoms with van der Waals surface area (Å²) in [7, 11) is 0. The fourth-order valence-electron chi connectivity index (χ4n) is 8.90. The first-order chi connectivity index (χ1) is 21.2. The summed E-state index contributed by atoms with van der Waals surface area (Å²) in [6.45, 7) is 6.76. The molecule has 0 bridgehead atoms. The van der Waals surface area contributed by atoms with Crippen LogP contribution in [0.2, 0.25) is 20.1 Å². The Morgan fingerprint density at radius 3 is 2.13 bits per heavy atom. The predicted molar refractivity (Wildman–Crippen MR) is 171 cm³/mol. The third-order valence-electron chi connectivity index (χ3n) is 11.3. The topological polar surface area (TPSA) is 88.1 Å². The molecule has 7 nitrogen and oxygen atoms in total. The molecule has 7 atom stereocenters. The molecule has 0 amide bonds. The first kappa shape index (κ1) is 32.9. The summed E-state index contributed by atoms with van der Waals surface area (Å²) >= 11 is 24.9. The van der Waals surface area contributed by atoms with Crippen molar-refractivity contribution in [3.63, 3.8) is 0 Å². The van der Waals surface area contributed by atoms with Crippen LogP contribution in [0.5, 0.6) is 0 Å². The van der Waals surface area contributed by atoms with Crippen LogP contribution in [0.3, 0.4) is 0 Å². The fourth-order valence-corrected chi connectivity index (χ4v) is 9.87. The van der Waals surface area contributed by atoms with E-state index >= 15 is 0 Å². The number of rotatable bonds is 5. The monoisotopic (exact) mass is 696 g/mol. The van der Waals surface area contributed by atoms with Gasteiger partial charge in [-0.3, -0.25) is 4.79 Å². The second-order valence-corrected chi connectivity index (χ2v) is 15.4. The number of fused-ring (bicyclic) bond motifs is 2. The maximum Gasteiger partial charge on any atom is 0.339 e. The van der Waals surface area contributed by atoms with E-state index < -0.39 is 34.7 Å². The second kappa shape index (κ2) is 11.9. The highest BCUT2D eigenvalue weighted by Gasteiger charge is 2.70. The Hall–Kier alpha value is -2.03. The Kier molecular flexibility index (Phi) is 8.69. The normalized spacial score (nSPS) is 35.7. The summed E-state index contributed by atoms with van der Waals surface area (Å²) in [6.07, 6.45) is 4.09. The minimum absolute atomic E-state index is 0.0193. The number of hydrogen-bond donors (Lipinski definition) is 0. The smallest absolute Gasteiger partial charge is 0.339 e. The number of hydrogen-bond acceptors (Lipinski definition) is 7. The average Bonchev–Trinajstić information content (AvgIpc) is 3.54. The first-order valence-corrected chi connectivity index (χ1v) is 16.9. The third-order valence-corrected chi connectivity index (χ3v) is 12.4. The van der Waals surface area contributed by atoms with Gasteiger partial charge in [-0.1, -0.05) is 67.2 Å². The molecule has 0 N–H and O–H groups in total. The van der Waals surface area contributed by atoms with Crippen LogP contribution in [-0.4, -0.2) is 48.4 Å². The van der Waals surface area contributed by atoms with Crippen LogP contribution < -0.4 is 0 Å². The highest BCUT2D eigenvalue weighted by atomic mass is 35.5. The molecule has 45 heavy (non-hydrogen) atoms. The van der Waals surface area contributed by atoms with Crippen molar-refractivity contribution in [2.24, 2.45) is 22.7 Å². The number of benzene rings is 2. The SMILES string of the molecule is C[C@@H]1CC[C@@H]2[C@](C)(COC(=O)c3ccc(Cl)cc3Cl)[C@@H](OC(=O)c3ccc(Cl)cc3Cl)CC[C@]2(C)[C@@]12CC[C@@]1(COC(=O)C1)O2. The van der Waals surface area contributed by atoms with E-state index in [1.54, 1.807) is 18.2 Å². The minimum atomic E-state index is -0.801. The summed E-state index contributed by atoms with van der Waals surface area (Å²) in [4.78, 5) is 39.1. The maximum atomic E-state index is 13.6. The van der Waals surface area contributed by atoms with Crippen molar-refractivity contribution in [2.45, 2.75) is 83.0 Å². The van der Waals surface area contributed by atoms with Crippen LogP contribution in [0.1, 0.15) is 86.4 Å². The highest BCUT2D eigenvalue weighted by Crippen LogP contribution is 2.68. The molecule has 2 spiro atoms. The quantitative estimate of drug-likeness (QED) is 0.228. The molecule has 11 heteroatoms. The standard InChI is InChI=1S/C34H36Cl4O7/c1-19-4-9-26-31(2,17-43-29(40)22-7-5-20(35)14-24(22)37)27(44-30(41)23-8-6-21(36)15-25(23)38)10-11-32(26,3)34(19)13-12-33(45-34)16-28(39)42-18-33/h5-8,14-15,19,26-27H,4,9-13,16-18H2,1-3H3/t19-,26-,27+,31+,32+,33-,34-/m1/s1. The predicted octanol–water partition coefficient (Wildman–Crippen LogP) is 8.77. The number of cyclic esters (lactones) is 1. The lowest BCUT2D eigenvalue weighted by atomic mass is 9.43. The molecule has 2 saturated carbocycles. The van der Waals surface area contributed by atoms with Gasteiger partial charge < -0.3 is 18.9 Å². The molecule has 2 heterocycles. The van der Waals surface area contributed by atoms with Crippen molar-refractivity contribution in [3.8, 4) is 0 Å². The lowest BCUT2D eigenvalue weighted by Gasteiger charge is -2.65. The van der Waals surface area contributed by atoms with Gasteiger partial charge in [0.15, 0.2) is 0 Å². The summed E-state index contributed by atoms with van der Waals surface area (Å²) in [5, 5.41) is 1.20. The summed E-state index contributed by atoms with van der Waals surface area (Å²) in [5.74, 6) is -1.23. The number of carbonyl (C=O) groups is 3. The van der Waals surface area contributed by atoms with Gasteiger partial charge in [0.2, 0.25) is 0 Å². The van der Waals surface area contributed by atoms with Crippen LogP contribution >= 0.6 is 46.4 Å². The Balaban J connectivity index is 1.34. The van der Waals surface area contributed by atoms with Crippen LogP contribution in [0.4, 0.5) is 0 Å². The molecule has 242 valence electrons. The van der Waals surface area contributed by atoms with Gasteiger partial charge >= 0.3 is 17.9 Å². The van der Waals surface area contributed by atoms with Gasteiger partial charge in [-0.15, -0.1) is 0 Å². The molecule has 0 radical (unpaired) electrons. The third kappa shape index (κ3) is 5.54. The van der Waals surface area contributed by atoms with Crippen molar-refractivity contribution < 1.29 is 33.3 Å². The van der Waals surface area contributed by atoms with E-state index in [0.717, 1.165) is 25.7 Å². The van der Waals surface area contributed by atoms with E-state index in [9.17, 15) is 14.4 Å². The Morgan fingerprint density at radius 2 is 1.53 bits per heavy atom. The van der Waals surface area contributed by atoms with Gasteiger partial charge in [0.25, 0.3) is 0 Å². The van der Waals surface area contributed by atoms with Crippen molar-refractivity contribution in [1.82, 2.24) is 0 Å². The van der Waals surface area contributed by atoms with E-state index in [4.69, 9.17) is 65.4 Å². The van der Waals surface area contributed by atoms with Crippen LogP contribution in [-0.2, 0) is 23.7 Å². The molecule has 2 aromatic rings. The van der Waals surface area contributed by atoms with E-state index in [0.29, 0.717) is 22.9 Å². The Bertz CT molecular complexity index is 1550. The van der Waals surface area contributed by atoms with Gasteiger partial charge in [0, 0.05) is 20.9 Å². The Labute approximate surface area is 283 Å². The molecule has 4 aliphatic rings. The first-order valence-electron chi connectivity index (χ1n) is 15.4. The summed E-state index contributed by atoms with van der Waals surface area (Å²) < 4.78 is 24.8. The maximum absolute atomic E-state index is 13.6. The van der Waals surface area contributed by atoms with E-state index in [2.05, 4.69) is 13.8 Å². The zero-order valence-electron chi connectivity index (χ0n) is 25.4. The number of halogens is 4. The summed E-state index contributed by atoms with van der Waals surface area (Å²) in [5.41, 5.74) is -1.92. The molecule has 2 saturated heterocycles. The zero-order chi connectivity index (χ0) is 32.4. The van der Waals surface area contributed by atoms with Gasteiger partial charge in [-0.2, -0.15) is 0 Å². The summed E-state index contributed by atoms with van der Waals surface area (Å²) in [6, 6.07) is 9.26. The molecular weight excluding hydrogens is 662 g/mol.